The first-order valence-electron chi connectivity index (χ1n) is 5.99. The van der Waals surface area contributed by atoms with E-state index >= 15 is 0 Å². The van der Waals surface area contributed by atoms with Gasteiger partial charge in [0.15, 0.2) is 0 Å². The Bertz CT molecular complexity index is 721. The number of ether oxygens (including phenoxy) is 1. The van der Waals surface area contributed by atoms with Crippen LogP contribution in [0.5, 0.6) is 5.75 Å². The first-order valence-corrected chi connectivity index (χ1v) is 7.21. The highest BCUT2D eigenvalue weighted by molar-refractivity contribution is 7.98. The largest absolute Gasteiger partial charge is 0.497 e. The van der Waals surface area contributed by atoms with Gasteiger partial charge in [-0.3, -0.25) is 0 Å². The Morgan fingerprint density at radius 2 is 2.00 bits per heavy atom. The summed E-state index contributed by atoms with van der Waals surface area (Å²) in [4.78, 5) is 9.22. The third-order valence-corrected chi connectivity index (χ3v) is 3.85. The first kappa shape index (κ1) is 12.1. The second-order valence-corrected chi connectivity index (χ2v) is 5.02. The van der Waals surface area contributed by atoms with Crippen molar-refractivity contribution in [3.05, 3.63) is 42.5 Å². The first-order chi connectivity index (χ1) is 9.31. The summed E-state index contributed by atoms with van der Waals surface area (Å²) in [5.74, 6) is 1.73. The number of aromatic nitrogens is 2. The monoisotopic (exact) mass is 270 g/mol. The predicted molar refractivity (Wildman–Crippen MR) is 79.9 cm³/mol. The molecule has 19 heavy (non-hydrogen) atoms. The van der Waals surface area contributed by atoms with Gasteiger partial charge in [0.05, 0.1) is 18.1 Å². The molecule has 0 amide bonds. The predicted octanol–water partition coefficient (Wildman–Crippen LogP) is 3.96. The van der Waals surface area contributed by atoms with Crippen molar-refractivity contribution >= 4 is 22.8 Å². The maximum Gasteiger partial charge on any atom is 0.139 e. The van der Waals surface area contributed by atoms with E-state index in [9.17, 15) is 0 Å². The molecule has 1 heterocycles. The zero-order valence-electron chi connectivity index (χ0n) is 10.8. The summed E-state index contributed by atoms with van der Waals surface area (Å²) in [6, 6.07) is 14.1. The molecule has 0 atom stereocenters. The molecule has 3 rings (SSSR count). The number of thioether (sulfide) groups is 1. The maximum absolute atomic E-state index is 5.23. The third-order valence-electron chi connectivity index (χ3n) is 3.05. The molecule has 3 nitrogen and oxygen atoms in total. The molecule has 0 spiro atoms. The molecule has 0 aliphatic heterocycles. The molecular formula is C15H14N2OS. The van der Waals surface area contributed by atoms with Crippen molar-refractivity contribution in [2.75, 3.05) is 13.4 Å². The van der Waals surface area contributed by atoms with Crippen LogP contribution in [0.3, 0.4) is 0 Å². The van der Waals surface area contributed by atoms with Crippen LogP contribution in [0.1, 0.15) is 0 Å². The van der Waals surface area contributed by atoms with E-state index in [1.165, 1.54) is 4.90 Å². The van der Waals surface area contributed by atoms with Crippen molar-refractivity contribution in [1.82, 2.24) is 9.97 Å². The number of methoxy groups -OCH3 is 1. The van der Waals surface area contributed by atoms with Gasteiger partial charge in [0.1, 0.15) is 11.6 Å². The molecule has 0 unspecified atom stereocenters. The highest BCUT2D eigenvalue weighted by Gasteiger charge is 2.09. The van der Waals surface area contributed by atoms with E-state index in [-0.39, 0.29) is 0 Å². The minimum absolute atomic E-state index is 0.834. The van der Waals surface area contributed by atoms with Crippen LogP contribution < -0.4 is 4.74 Å². The van der Waals surface area contributed by atoms with Gasteiger partial charge in [-0.05, 0) is 24.5 Å². The third kappa shape index (κ3) is 2.19. The van der Waals surface area contributed by atoms with Crippen LogP contribution in [0.15, 0.2) is 47.4 Å². The Kier molecular flexibility index (Phi) is 3.17. The normalized spacial score (nSPS) is 10.8. The molecule has 0 radical (unpaired) electrons. The maximum atomic E-state index is 5.23. The zero-order valence-corrected chi connectivity index (χ0v) is 11.6. The molecule has 1 aromatic heterocycles. The Balaban J connectivity index is 2.15. The standard InChI is InChI=1S/C15H14N2OS/c1-18-10-7-8-12-13(9-10)17-15(16-12)11-5-3-4-6-14(11)19-2/h3-9H,1-2H3,(H,16,17). The van der Waals surface area contributed by atoms with E-state index in [0.717, 1.165) is 28.2 Å². The second-order valence-electron chi connectivity index (χ2n) is 4.17. The molecule has 0 fully saturated rings. The lowest BCUT2D eigenvalue weighted by Gasteiger charge is -2.02. The quantitative estimate of drug-likeness (QED) is 0.732. The minimum atomic E-state index is 0.834. The van der Waals surface area contributed by atoms with Gasteiger partial charge in [0.2, 0.25) is 0 Å². The smallest absolute Gasteiger partial charge is 0.139 e. The van der Waals surface area contributed by atoms with Gasteiger partial charge in [-0.15, -0.1) is 11.8 Å². The highest BCUT2D eigenvalue weighted by atomic mass is 32.2. The number of imidazole rings is 1. The number of rotatable bonds is 3. The average molecular weight is 270 g/mol. The summed E-state index contributed by atoms with van der Waals surface area (Å²) in [7, 11) is 1.67. The summed E-state index contributed by atoms with van der Waals surface area (Å²) in [6.07, 6.45) is 2.07. The fourth-order valence-electron chi connectivity index (χ4n) is 2.08. The molecule has 0 saturated heterocycles. The lowest BCUT2D eigenvalue weighted by molar-refractivity contribution is 0.415. The van der Waals surface area contributed by atoms with Crippen molar-refractivity contribution in [2.24, 2.45) is 0 Å². The van der Waals surface area contributed by atoms with Crippen molar-refractivity contribution in [3.8, 4) is 17.1 Å². The lowest BCUT2D eigenvalue weighted by atomic mass is 10.2. The molecule has 3 aromatic rings. The molecule has 4 heteroatoms. The van der Waals surface area contributed by atoms with E-state index in [1.54, 1.807) is 18.9 Å². The molecule has 0 bridgehead atoms. The molecule has 0 aliphatic carbocycles. The van der Waals surface area contributed by atoms with Gasteiger partial charge in [-0.25, -0.2) is 4.98 Å². The van der Waals surface area contributed by atoms with E-state index in [0.29, 0.717) is 0 Å². The molecule has 2 aromatic carbocycles. The summed E-state index contributed by atoms with van der Waals surface area (Å²) in [5, 5.41) is 0. The van der Waals surface area contributed by atoms with Crippen molar-refractivity contribution in [2.45, 2.75) is 4.90 Å². The molecule has 1 N–H and O–H groups in total. The Hall–Kier alpha value is -1.94. The Labute approximate surface area is 116 Å². The van der Waals surface area contributed by atoms with E-state index < -0.39 is 0 Å². The summed E-state index contributed by atoms with van der Waals surface area (Å²) < 4.78 is 5.23. The van der Waals surface area contributed by atoms with Gasteiger partial charge in [0, 0.05) is 16.5 Å². The fraction of sp³-hybridized carbons (Fsp3) is 0.133. The van der Waals surface area contributed by atoms with Crippen LogP contribution in [-0.4, -0.2) is 23.3 Å². The number of nitrogens with zero attached hydrogens (tertiary/aromatic N) is 1. The lowest BCUT2D eigenvalue weighted by Crippen LogP contribution is -1.83. The molecular weight excluding hydrogens is 256 g/mol. The average Bonchev–Trinajstić information content (AvgIpc) is 2.89. The summed E-state index contributed by atoms with van der Waals surface area (Å²) in [5.41, 5.74) is 3.07. The van der Waals surface area contributed by atoms with Crippen molar-refractivity contribution in [3.63, 3.8) is 0 Å². The highest BCUT2D eigenvalue weighted by Crippen LogP contribution is 2.30. The van der Waals surface area contributed by atoms with Crippen LogP contribution in [-0.2, 0) is 0 Å². The van der Waals surface area contributed by atoms with Crippen LogP contribution in [0, 0.1) is 0 Å². The fourth-order valence-corrected chi connectivity index (χ4v) is 2.68. The summed E-state index contributed by atoms with van der Waals surface area (Å²) >= 11 is 1.72. The number of nitrogens with one attached hydrogen (secondary N) is 1. The van der Waals surface area contributed by atoms with Crippen LogP contribution in [0.25, 0.3) is 22.4 Å². The van der Waals surface area contributed by atoms with Gasteiger partial charge in [-0.1, -0.05) is 18.2 Å². The number of hydrogen-bond donors (Lipinski definition) is 1. The van der Waals surface area contributed by atoms with Crippen LogP contribution in [0.4, 0.5) is 0 Å². The topological polar surface area (TPSA) is 37.9 Å². The number of benzene rings is 2. The second kappa shape index (κ2) is 4.97. The van der Waals surface area contributed by atoms with E-state index in [4.69, 9.17) is 4.74 Å². The minimum Gasteiger partial charge on any atom is -0.497 e. The summed E-state index contributed by atoms with van der Waals surface area (Å²) in [6.45, 7) is 0. The van der Waals surface area contributed by atoms with Crippen LogP contribution in [0.2, 0.25) is 0 Å². The SMILES string of the molecule is COc1ccc2nc(-c3ccccc3SC)[nH]c2c1. The van der Waals surface area contributed by atoms with E-state index in [2.05, 4.69) is 28.4 Å². The Morgan fingerprint density at radius 1 is 1.16 bits per heavy atom. The number of hydrogen-bond acceptors (Lipinski definition) is 3. The van der Waals surface area contributed by atoms with Crippen molar-refractivity contribution in [1.29, 1.82) is 0 Å². The number of H-pyrrole nitrogens is 1. The van der Waals surface area contributed by atoms with Gasteiger partial charge in [0.25, 0.3) is 0 Å². The van der Waals surface area contributed by atoms with Gasteiger partial charge >= 0.3 is 0 Å². The van der Waals surface area contributed by atoms with E-state index in [1.807, 2.05) is 30.3 Å². The Morgan fingerprint density at radius 3 is 2.79 bits per heavy atom. The van der Waals surface area contributed by atoms with Crippen LogP contribution >= 0.6 is 11.8 Å². The van der Waals surface area contributed by atoms with Gasteiger partial charge < -0.3 is 9.72 Å². The zero-order chi connectivity index (χ0) is 13.2. The van der Waals surface area contributed by atoms with Gasteiger partial charge in [-0.2, -0.15) is 0 Å². The molecule has 0 aliphatic rings. The number of aromatic amines is 1. The number of fused-ring (bicyclic) bond motifs is 1. The molecule has 96 valence electrons. The molecule has 0 saturated carbocycles. The van der Waals surface area contributed by atoms with Crippen molar-refractivity contribution < 1.29 is 4.74 Å².